The second kappa shape index (κ2) is 10.8. The van der Waals surface area contributed by atoms with Crippen LogP contribution in [0.1, 0.15) is 18.5 Å². The van der Waals surface area contributed by atoms with Crippen LogP contribution >= 0.6 is 24.0 Å². The first-order valence-corrected chi connectivity index (χ1v) is 9.52. The summed E-state index contributed by atoms with van der Waals surface area (Å²) in [6, 6.07) is 11.0. The number of hydrogen-bond acceptors (Lipinski definition) is 4. The number of aromatic nitrogens is 2. The second-order valence-electron chi connectivity index (χ2n) is 7.26. The Morgan fingerprint density at radius 2 is 2.11 bits per heavy atom. The zero-order valence-corrected chi connectivity index (χ0v) is 19.5. The zero-order valence-electron chi connectivity index (χ0n) is 17.2. The molecule has 2 N–H and O–H groups in total. The maximum atomic E-state index is 4.40. The van der Waals surface area contributed by atoms with Crippen molar-refractivity contribution in [2.24, 2.45) is 4.99 Å². The number of nitrogens with zero attached hydrogens (tertiary/aromatic N) is 5. The average Bonchev–Trinajstić information content (AvgIpc) is 3.22. The Hall–Kier alpha value is -1.65. The van der Waals surface area contributed by atoms with Crippen molar-refractivity contribution in [3.8, 4) is 5.69 Å². The van der Waals surface area contributed by atoms with Gasteiger partial charge >= 0.3 is 0 Å². The second-order valence-corrected chi connectivity index (χ2v) is 7.26. The largest absolute Gasteiger partial charge is 0.355 e. The van der Waals surface area contributed by atoms with Gasteiger partial charge in [0.15, 0.2) is 5.96 Å². The highest BCUT2D eigenvalue weighted by atomic mass is 127. The summed E-state index contributed by atoms with van der Waals surface area (Å²) in [5.41, 5.74) is 2.25. The predicted molar refractivity (Wildman–Crippen MR) is 126 cm³/mol. The average molecular weight is 497 g/mol. The van der Waals surface area contributed by atoms with Crippen molar-refractivity contribution < 1.29 is 0 Å². The third-order valence-electron chi connectivity index (χ3n) is 5.20. The van der Waals surface area contributed by atoms with Crippen LogP contribution in [0.2, 0.25) is 0 Å². The molecule has 1 aliphatic heterocycles. The normalized spacial score (nSPS) is 19.7. The standard InChI is InChI=1S/C20H31N7.HI/c1-16(17-7-5-8-18(13-17)27-10-6-9-23-27)24-20(21-2)22-14-19-15-25(3)11-12-26(19)4;/h5-10,13,16,19H,11-12,14-15H2,1-4H3,(H2,21,22,24);1H. The zero-order chi connectivity index (χ0) is 19.2. The van der Waals surface area contributed by atoms with Gasteiger partial charge in [-0.15, -0.1) is 24.0 Å². The third kappa shape index (κ3) is 5.92. The molecular formula is C20H32IN7. The van der Waals surface area contributed by atoms with Gasteiger partial charge in [-0.25, -0.2) is 4.68 Å². The summed E-state index contributed by atoms with van der Waals surface area (Å²) in [7, 11) is 6.19. The minimum Gasteiger partial charge on any atom is -0.355 e. The highest BCUT2D eigenvalue weighted by Gasteiger charge is 2.22. The smallest absolute Gasteiger partial charge is 0.191 e. The highest BCUT2D eigenvalue weighted by Crippen LogP contribution is 2.16. The number of likely N-dealkylation sites (N-methyl/N-ethyl adjacent to an activating group) is 2. The van der Waals surface area contributed by atoms with E-state index in [0.29, 0.717) is 6.04 Å². The van der Waals surface area contributed by atoms with Crippen LogP contribution in [0.4, 0.5) is 0 Å². The first-order chi connectivity index (χ1) is 13.1. The molecule has 2 heterocycles. The molecule has 7 nitrogen and oxygen atoms in total. The molecule has 1 aromatic carbocycles. The van der Waals surface area contributed by atoms with Crippen molar-refractivity contribution in [2.75, 3.05) is 47.3 Å². The molecule has 154 valence electrons. The van der Waals surface area contributed by atoms with Gasteiger partial charge in [-0.3, -0.25) is 9.89 Å². The van der Waals surface area contributed by atoms with Crippen LogP contribution in [0.25, 0.3) is 5.69 Å². The van der Waals surface area contributed by atoms with E-state index in [1.165, 1.54) is 5.56 Å². The maximum absolute atomic E-state index is 4.40. The first-order valence-electron chi connectivity index (χ1n) is 9.52. The molecule has 28 heavy (non-hydrogen) atoms. The van der Waals surface area contributed by atoms with Gasteiger partial charge in [-0.05, 0) is 44.8 Å². The van der Waals surface area contributed by atoms with E-state index in [-0.39, 0.29) is 30.0 Å². The van der Waals surface area contributed by atoms with E-state index in [4.69, 9.17) is 0 Å². The molecule has 0 amide bonds. The number of guanidine groups is 1. The maximum Gasteiger partial charge on any atom is 0.191 e. The minimum atomic E-state index is 0. The number of benzene rings is 1. The molecule has 2 unspecified atom stereocenters. The molecule has 1 aromatic heterocycles. The number of halogens is 1. The molecule has 1 aliphatic rings. The molecule has 1 saturated heterocycles. The topological polar surface area (TPSA) is 60.7 Å². The molecule has 0 aliphatic carbocycles. The molecule has 2 atom stereocenters. The van der Waals surface area contributed by atoms with Crippen LogP contribution in [0, 0.1) is 0 Å². The van der Waals surface area contributed by atoms with E-state index in [1.807, 2.05) is 24.0 Å². The van der Waals surface area contributed by atoms with Gasteiger partial charge in [0.2, 0.25) is 0 Å². The molecule has 8 heteroatoms. The van der Waals surface area contributed by atoms with Gasteiger partial charge in [-0.1, -0.05) is 12.1 Å². The van der Waals surface area contributed by atoms with E-state index in [2.05, 4.69) is 75.8 Å². The van der Waals surface area contributed by atoms with Gasteiger partial charge in [0.1, 0.15) is 0 Å². The fourth-order valence-electron chi connectivity index (χ4n) is 3.38. The Balaban J connectivity index is 0.00000280. The quantitative estimate of drug-likeness (QED) is 0.376. The Labute approximate surface area is 185 Å². The van der Waals surface area contributed by atoms with Gasteiger partial charge in [0.25, 0.3) is 0 Å². The summed E-state index contributed by atoms with van der Waals surface area (Å²) < 4.78 is 1.87. The lowest BCUT2D eigenvalue weighted by molar-refractivity contribution is 0.116. The SMILES string of the molecule is CN=C(NCC1CN(C)CCN1C)NC(C)c1cccc(-n2cccn2)c1.I. The Kier molecular flexibility index (Phi) is 8.71. The number of piperazine rings is 1. The Morgan fingerprint density at radius 3 is 2.82 bits per heavy atom. The summed E-state index contributed by atoms with van der Waals surface area (Å²) in [6.45, 7) is 6.33. The van der Waals surface area contributed by atoms with E-state index in [1.54, 1.807) is 6.20 Å². The Morgan fingerprint density at radius 1 is 1.29 bits per heavy atom. The molecule has 0 radical (unpaired) electrons. The van der Waals surface area contributed by atoms with E-state index < -0.39 is 0 Å². The van der Waals surface area contributed by atoms with Crippen LogP contribution < -0.4 is 10.6 Å². The summed E-state index contributed by atoms with van der Waals surface area (Å²) in [5.74, 6) is 0.827. The number of nitrogens with one attached hydrogen (secondary N) is 2. The molecule has 0 saturated carbocycles. The summed E-state index contributed by atoms with van der Waals surface area (Å²) in [6.07, 6.45) is 3.75. The van der Waals surface area contributed by atoms with Crippen LogP contribution in [-0.4, -0.2) is 78.9 Å². The van der Waals surface area contributed by atoms with Crippen LogP contribution in [0.15, 0.2) is 47.7 Å². The monoisotopic (exact) mass is 497 g/mol. The number of aliphatic imine (C=N–C) groups is 1. The number of hydrogen-bond donors (Lipinski definition) is 2. The van der Waals surface area contributed by atoms with Crippen molar-refractivity contribution in [1.82, 2.24) is 30.2 Å². The van der Waals surface area contributed by atoms with Crippen LogP contribution in [0.3, 0.4) is 0 Å². The summed E-state index contributed by atoms with van der Waals surface area (Å²) >= 11 is 0. The van der Waals surface area contributed by atoms with E-state index in [9.17, 15) is 0 Å². The predicted octanol–water partition coefficient (Wildman–Crippen LogP) is 1.96. The Bertz CT molecular complexity index is 747. The van der Waals surface area contributed by atoms with Crippen molar-refractivity contribution in [3.05, 3.63) is 48.3 Å². The minimum absolute atomic E-state index is 0. The lowest BCUT2D eigenvalue weighted by Crippen LogP contribution is -2.55. The van der Waals surface area contributed by atoms with Gasteiger partial charge in [0, 0.05) is 51.7 Å². The van der Waals surface area contributed by atoms with Gasteiger partial charge < -0.3 is 15.5 Å². The summed E-state index contributed by atoms with van der Waals surface area (Å²) in [5, 5.41) is 11.3. The molecule has 2 aromatic rings. The van der Waals surface area contributed by atoms with E-state index >= 15 is 0 Å². The van der Waals surface area contributed by atoms with Crippen molar-refractivity contribution >= 4 is 29.9 Å². The van der Waals surface area contributed by atoms with Gasteiger partial charge in [0.05, 0.1) is 11.7 Å². The van der Waals surface area contributed by atoms with E-state index in [0.717, 1.165) is 37.8 Å². The molecule has 1 fully saturated rings. The van der Waals surface area contributed by atoms with Crippen LogP contribution in [-0.2, 0) is 0 Å². The summed E-state index contributed by atoms with van der Waals surface area (Å²) in [4.78, 5) is 9.19. The van der Waals surface area contributed by atoms with Crippen LogP contribution in [0.5, 0.6) is 0 Å². The first kappa shape index (κ1) is 22.6. The molecule has 3 rings (SSSR count). The fourth-order valence-corrected chi connectivity index (χ4v) is 3.38. The fraction of sp³-hybridized carbons (Fsp3) is 0.500. The van der Waals surface area contributed by atoms with Crippen molar-refractivity contribution in [2.45, 2.75) is 19.0 Å². The highest BCUT2D eigenvalue weighted by molar-refractivity contribution is 14.0. The molecule has 0 bridgehead atoms. The van der Waals surface area contributed by atoms with Crippen molar-refractivity contribution in [1.29, 1.82) is 0 Å². The van der Waals surface area contributed by atoms with Crippen molar-refractivity contribution in [3.63, 3.8) is 0 Å². The number of rotatable bonds is 5. The third-order valence-corrected chi connectivity index (χ3v) is 5.20. The lowest BCUT2D eigenvalue weighted by Gasteiger charge is -2.38. The van der Waals surface area contributed by atoms with Gasteiger partial charge in [-0.2, -0.15) is 5.10 Å². The molecule has 0 spiro atoms. The lowest BCUT2D eigenvalue weighted by atomic mass is 10.1. The molecular weight excluding hydrogens is 465 g/mol.